The van der Waals surface area contributed by atoms with Gasteiger partial charge in [-0.2, -0.15) is 5.10 Å². The Labute approximate surface area is 92.6 Å². The van der Waals surface area contributed by atoms with Crippen LogP contribution in [-0.4, -0.2) is 14.8 Å². The highest BCUT2D eigenvalue weighted by atomic mass is 16.1. The lowest BCUT2D eigenvalue weighted by Crippen LogP contribution is -2.25. The van der Waals surface area contributed by atoms with Crippen LogP contribution in [0.4, 0.5) is 5.69 Å². The first kappa shape index (κ1) is 10.4. The van der Waals surface area contributed by atoms with E-state index in [1.807, 2.05) is 25.1 Å². The zero-order chi connectivity index (χ0) is 11.5. The lowest BCUT2D eigenvalue weighted by atomic mass is 10.2. The highest BCUT2D eigenvalue weighted by molar-refractivity contribution is 5.57. The standard InChI is InChI=1S/C11H12N4O/c1-2-15-11(16)8(12)7-10(14-15)9-5-3-4-6-13-9/h3-7H,2,12H2,1H3. The largest absolute Gasteiger partial charge is 0.394 e. The van der Waals surface area contributed by atoms with E-state index in [0.717, 1.165) is 0 Å². The van der Waals surface area contributed by atoms with Crippen molar-refractivity contribution in [3.8, 4) is 11.4 Å². The Balaban J connectivity index is 2.60. The van der Waals surface area contributed by atoms with Gasteiger partial charge >= 0.3 is 0 Å². The summed E-state index contributed by atoms with van der Waals surface area (Å²) < 4.78 is 1.33. The lowest BCUT2D eigenvalue weighted by Gasteiger charge is -2.05. The Kier molecular flexibility index (Phi) is 2.68. The first-order chi connectivity index (χ1) is 7.72. The molecular formula is C11H12N4O. The summed E-state index contributed by atoms with van der Waals surface area (Å²) in [7, 11) is 0. The molecule has 0 aliphatic heterocycles. The molecule has 0 radical (unpaired) electrons. The van der Waals surface area contributed by atoms with Crippen molar-refractivity contribution in [2.75, 3.05) is 5.73 Å². The van der Waals surface area contributed by atoms with Gasteiger partial charge in [0.1, 0.15) is 11.4 Å². The quantitative estimate of drug-likeness (QED) is 0.809. The van der Waals surface area contributed by atoms with Gasteiger partial charge in [0.25, 0.3) is 5.56 Å². The molecule has 0 aliphatic carbocycles. The van der Waals surface area contributed by atoms with E-state index in [4.69, 9.17) is 5.73 Å². The van der Waals surface area contributed by atoms with E-state index in [2.05, 4.69) is 10.1 Å². The highest BCUT2D eigenvalue weighted by Gasteiger charge is 2.06. The van der Waals surface area contributed by atoms with Gasteiger partial charge in [0.05, 0.1) is 5.69 Å². The summed E-state index contributed by atoms with van der Waals surface area (Å²) in [4.78, 5) is 15.7. The lowest BCUT2D eigenvalue weighted by molar-refractivity contribution is 0.621. The van der Waals surface area contributed by atoms with Crippen LogP contribution in [0.25, 0.3) is 11.4 Å². The summed E-state index contributed by atoms with van der Waals surface area (Å²) >= 11 is 0. The second-order valence-electron chi connectivity index (χ2n) is 3.32. The summed E-state index contributed by atoms with van der Waals surface area (Å²) in [5.41, 5.74) is 6.88. The number of hydrogen-bond acceptors (Lipinski definition) is 4. The number of anilines is 1. The molecule has 2 aromatic rings. The third-order valence-corrected chi connectivity index (χ3v) is 2.23. The zero-order valence-corrected chi connectivity index (χ0v) is 8.92. The topological polar surface area (TPSA) is 73.8 Å². The van der Waals surface area contributed by atoms with Crippen molar-refractivity contribution in [2.45, 2.75) is 13.5 Å². The van der Waals surface area contributed by atoms with E-state index in [0.29, 0.717) is 17.9 Å². The van der Waals surface area contributed by atoms with Crippen LogP contribution in [0.2, 0.25) is 0 Å². The molecule has 0 aromatic carbocycles. The number of nitrogen functional groups attached to an aromatic ring is 1. The minimum absolute atomic E-state index is 0.192. The van der Waals surface area contributed by atoms with Gasteiger partial charge in [-0.15, -0.1) is 0 Å². The average Bonchev–Trinajstić information content (AvgIpc) is 2.33. The number of aryl methyl sites for hydroxylation is 1. The molecule has 2 heterocycles. The van der Waals surface area contributed by atoms with Gasteiger partial charge in [-0.1, -0.05) is 6.07 Å². The van der Waals surface area contributed by atoms with Crippen molar-refractivity contribution < 1.29 is 0 Å². The van der Waals surface area contributed by atoms with Crippen LogP contribution in [0, 0.1) is 0 Å². The molecule has 0 aliphatic rings. The maximum Gasteiger partial charge on any atom is 0.289 e. The van der Waals surface area contributed by atoms with Crippen molar-refractivity contribution in [2.24, 2.45) is 0 Å². The molecule has 0 saturated heterocycles. The van der Waals surface area contributed by atoms with Crippen LogP contribution < -0.4 is 11.3 Å². The normalized spacial score (nSPS) is 10.3. The number of nitrogens with two attached hydrogens (primary N) is 1. The fourth-order valence-corrected chi connectivity index (χ4v) is 1.42. The molecule has 0 spiro atoms. The smallest absolute Gasteiger partial charge is 0.289 e. The number of hydrogen-bond donors (Lipinski definition) is 1. The van der Waals surface area contributed by atoms with Gasteiger partial charge in [-0.3, -0.25) is 9.78 Å². The highest BCUT2D eigenvalue weighted by Crippen LogP contribution is 2.13. The van der Waals surface area contributed by atoms with Crippen LogP contribution >= 0.6 is 0 Å². The Morgan fingerprint density at radius 3 is 2.81 bits per heavy atom. The average molecular weight is 216 g/mol. The summed E-state index contributed by atoms with van der Waals surface area (Å²) in [6.45, 7) is 2.33. The van der Waals surface area contributed by atoms with Crippen LogP contribution in [0.15, 0.2) is 35.3 Å². The van der Waals surface area contributed by atoms with Gasteiger partial charge in [-0.25, -0.2) is 4.68 Å². The monoisotopic (exact) mass is 216 g/mol. The third-order valence-electron chi connectivity index (χ3n) is 2.23. The molecule has 0 amide bonds. The maximum atomic E-state index is 11.5. The summed E-state index contributed by atoms with van der Waals surface area (Å²) in [6, 6.07) is 7.06. The van der Waals surface area contributed by atoms with Crippen LogP contribution in [-0.2, 0) is 6.54 Å². The Morgan fingerprint density at radius 1 is 1.38 bits per heavy atom. The van der Waals surface area contributed by atoms with Gasteiger partial charge in [0.15, 0.2) is 0 Å². The van der Waals surface area contributed by atoms with Crippen molar-refractivity contribution in [3.63, 3.8) is 0 Å². The van der Waals surface area contributed by atoms with Gasteiger partial charge < -0.3 is 5.73 Å². The Bertz CT molecular complexity index is 548. The molecule has 0 saturated carbocycles. The summed E-state index contributed by atoms with van der Waals surface area (Å²) in [5.74, 6) is 0. The van der Waals surface area contributed by atoms with Gasteiger partial charge in [-0.05, 0) is 25.1 Å². The molecule has 2 aromatic heterocycles. The first-order valence-electron chi connectivity index (χ1n) is 5.01. The van der Waals surface area contributed by atoms with Crippen LogP contribution in [0.1, 0.15) is 6.92 Å². The first-order valence-corrected chi connectivity index (χ1v) is 5.01. The van der Waals surface area contributed by atoms with E-state index >= 15 is 0 Å². The predicted octanol–water partition coefficient (Wildman–Crippen LogP) is 0.907. The van der Waals surface area contributed by atoms with Crippen molar-refractivity contribution in [1.29, 1.82) is 0 Å². The molecular weight excluding hydrogens is 204 g/mol. The second-order valence-corrected chi connectivity index (χ2v) is 3.32. The Hall–Kier alpha value is -2.17. The van der Waals surface area contributed by atoms with Gasteiger partial charge in [0, 0.05) is 12.7 Å². The molecule has 2 N–H and O–H groups in total. The van der Waals surface area contributed by atoms with Crippen molar-refractivity contribution in [1.82, 2.24) is 14.8 Å². The minimum atomic E-state index is -0.262. The molecule has 0 unspecified atom stereocenters. The van der Waals surface area contributed by atoms with E-state index in [1.165, 1.54) is 4.68 Å². The van der Waals surface area contributed by atoms with Crippen molar-refractivity contribution in [3.05, 3.63) is 40.8 Å². The number of rotatable bonds is 2. The van der Waals surface area contributed by atoms with E-state index < -0.39 is 0 Å². The van der Waals surface area contributed by atoms with E-state index in [1.54, 1.807) is 12.3 Å². The molecule has 82 valence electrons. The number of pyridine rings is 1. The zero-order valence-electron chi connectivity index (χ0n) is 8.92. The van der Waals surface area contributed by atoms with Gasteiger partial charge in [0.2, 0.25) is 0 Å². The third kappa shape index (κ3) is 1.79. The number of nitrogens with zero attached hydrogens (tertiary/aromatic N) is 3. The molecule has 0 bridgehead atoms. The molecule has 16 heavy (non-hydrogen) atoms. The minimum Gasteiger partial charge on any atom is -0.394 e. The SMILES string of the molecule is CCn1nc(-c2ccccn2)cc(N)c1=O. The molecule has 5 heteroatoms. The van der Waals surface area contributed by atoms with Crippen molar-refractivity contribution >= 4 is 5.69 Å². The van der Waals surface area contributed by atoms with E-state index in [9.17, 15) is 4.79 Å². The second kappa shape index (κ2) is 4.14. The number of aromatic nitrogens is 3. The molecule has 2 rings (SSSR count). The fourth-order valence-electron chi connectivity index (χ4n) is 1.42. The Morgan fingerprint density at radius 2 is 2.19 bits per heavy atom. The van der Waals surface area contributed by atoms with Crippen LogP contribution in [0.5, 0.6) is 0 Å². The predicted molar refractivity (Wildman–Crippen MR) is 61.8 cm³/mol. The maximum absolute atomic E-state index is 11.5. The fraction of sp³-hybridized carbons (Fsp3) is 0.182. The molecule has 0 fully saturated rings. The van der Waals surface area contributed by atoms with Crippen LogP contribution in [0.3, 0.4) is 0 Å². The molecule has 0 atom stereocenters. The molecule has 5 nitrogen and oxygen atoms in total. The summed E-state index contributed by atoms with van der Waals surface area (Å²) in [5, 5.41) is 4.18. The summed E-state index contributed by atoms with van der Waals surface area (Å²) in [6.07, 6.45) is 1.68. The van der Waals surface area contributed by atoms with E-state index in [-0.39, 0.29) is 11.2 Å².